The molecule has 8 heteroatoms. The Hall–Kier alpha value is -4.17. The van der Waals surface area contributed by atoms with Crippen molar-refractivity contribution >= 4 is 34.6 Å². The lowest BCUT2D eigenvalue weighted by atomic mass is 9.94. The van der Waals surface area contributed by atoms with E-state index < -0.39 is 0 Å². The molecule has 42 heavy (non-hydrogen) atoms. The fourth-order valence-electron chi connectivity index (χ4n) is 6.52. The lowest BCUT2D eigenvalue weighted by Gasteiger charge is -2.30. The zero-order valence-electron chi connectivity index (χ0n) is 24.1. The van der Waals surface area contributed by atoms with Gasteiger partial charge in [0.1, 0.15) is 5.75 Å². The third kappa shape index (κ3) is 5.77. The van der Waals surface area contributed by atoms with Crippen LogP contribution >= 0.6 is 12.2 Å². The van der Waals surface area contributed by atoms with Crippen molar-refractivity contribution in [1.29, 1.82) is 0 Å². The number of nitrogens with zero attached hydrogens (tertiary/aromatic N) is 3. The molecule has 2 aromatic heterocycles. The summed E-state index contributed by atoms with van der Waals surface area (Å²) in [7, 11) is 0. The maximum atomic E-state index is 12.5. The normalized spacial score (nSPS) is 19.0. The molecule has 1 amide bonds. The second-order valence-electron chi connectivity index (χ2n) is 11.2. The van der Waals surface area contributed by atoms with E-state index in [1.54, 1.807) is 0 Å². The number of hydrogen-bond donors (Lipinski definition) is 2. The maximum Gasteiger partial charge on any atom is 0.262 e. The van der Waals surface area contributed by atoms with Crippen molar-refractivity contribution in [2.75, 3.05) is 16.8 Å². The predicted molar refractivity (Wildman–Crippen MR) is 171 cm³/mol. The highest BCUT2D eigenvalue weighted by atomic mass is 32.1. The van der Waals surface area contributed by atoms with Gasteiger partial charge in [-0.3, -0.25) is 9.78 Å². The van der Waals surface area contributed by atoms with Gasteiger partial charge >= 0.3 is 0 Å². The Morgan fingerprint density at radius 1 is 1.00 bits per heavy atom. The maximum absolute atomic E-state index is 12.5. The summed E-state index contributed by atoms with van der Waals surface area (Å²) in [6, 6.07) is 25.9. The van der Waals surface area contributed by atoms with Crippen LogP contribution in [-0.2, 0) is 4.79 Å². The topological polar surface area (TPSA) is 71.4 Å². The van der Waals surface area contributed by atoms with Gasteiger partial charge in [-0.2, -0.15) is 0 Å². The first-order chi connectivity index (χ1) is 20.5. The number of nitrogens with one attached hydrogen (secondary N) is 2. The molecule has 2 fully saturated rings. The van der Waals surface area contributed by atoms with Crippen LogP contribution in [0.5, 0.6) is 5.75 Å². The van der Waals surface area contributed by atoms with Crippen molar-refractivity contribution in [3.05, 3.63) is 108 Å². The molecule has 0 radical (unpaired) electrons. The van der Waals surface area contributed by atoms with Crippen LogP contribution in [0.3, 0.4) is 0 Å². The average molecular weight is 580 g/mol. The quantitative estimate of drug-likeness (QED) is 0.215. The zero-order chi connectivity index (χ0) is 29.1. The summed E-state index contributed by atoms with van der Waals surface area (Å²) >= 11 is 5.96. The van der Waals surface area contributed by atoms with Gasteiger partial charge < -0.3 is 24.8 Å². The average Bonchev–Trinajstić information content (AvgIpc) is 3.52. The molecule has 1 saturated heterocycles. The highest BCUT2D eigenvalue weighted by Gasteiger charge is 2.42. The van der Waals surface area contributed by atoms with Crippen LogP contribution in [-0.4, -0.2) is 27.2 Å². The molecule has 1 aliphatic heterocycles. The van der Waals surface area contributed by atoms with E-state index in [2.05, 4.69) is 46.1 Å². The summed E-state index contributed by atoms with van der Waals surface area (Å²) in [5.41, 5.74) is 6.46. The molecule has 0 unspecified atom stereocenters. The Morgan fingerprint density at radius 2 is 1.74 bits per heavy atom. The Bertz CT molecular complexity index is 1530. The Kier molecular flexibility index (Phi) is 8.24. The van der Waals surface area contributed by atoms with Gasteiger partial charge in [-0.25, -0.2) is 0 Å². The highest BCUT2D eigenvalue weighted by molar-refractivity contribution is 7.80. The van der Waals surface area contributed by atoms with E-state index in [0.717, 1.165) is 11.4 Å². The number of carbonyl (C=O) groups is 1. The molecule has 7 nitrogen and oxygen atoms in total. The third-order valence-corrected chi connectivity index (χ3v) is 8.74. The molecule has 3 heterocycles. The number of rotatable bonds is 8. The molecule has 2 aromatic carbocycles. The van der Waals surface area contributed by atoms with Crippen molar-refractivity contribution in [3.8, 4) is 5.75 Å². The Balaban J connectivity index is 1.27. The number of aryl methyl sites for hydroxylation is 1. The number of hydrogen-bond acceptors (Lipinski definition) is 4. The molecule has 216 valence electrons. The molecule has 0 bridgehead atoms. The number of pyridine rings is 1. The van der Waals surface area contributed by atoms with Gasteiger partial charge in [-0.05, 0) is 99.1 Å². The zero-order valence-corrected chi connectivity index (χ0v) is 24.9. The first-order valence-electron chi connectivity index (χ1n) is 14.8. The summed E-state index contributed by atoms with van der Waals surface area (Å²) in [6.45, 7) is 4.42. The molecule has 4 aromatic rings. The molecule has 2 aliphatic rings. The number of aromatic nitrogens is 2. The second-order valence-corrected chi connectivity index (χ2v) is 11.6. The number of para-hydroxylation sites is 1. The third-order valence-electron chi connectivity index (χ3n) is 8.42. The summed E-state index contributed by atoms with van der Waals surface area (Å²) in [4.78, 5) is 19.5. The summed E-state index contributed by atoms with van der Waals surface area (Å²) < 4.78 is 8.14. The van der Waals surface area contributed by atoms with Crippen LogP contribution in [0, 0.1) is 13.8 Å². The van der Waals surface area contributed by atoms with Crippen molar-refractivity contribution < 1.29 is 9.53 Å². The van der Waals surface area contributed by atoms with Gasteiger partial charge in [-0.1, -0.05) is 43.5 Å². The molecule has 2 N–H and O–H groups in total. The minimum atomic E-state index is -0.215. The van der Waals surface area contributed by atoms with Crippen molar-refractivity contribution in [3.63, 3.8) is 0 Å². The molecule has 0 spiro atoms. The van der Waals surface area contributed by atoms with Crippen molar-refractivity contribution in [2.24, 2.45) is 0 Å². The lowest BCUT2D eigenvalue weighted by Crippen LogP contribution is -2.29. The van der Waals surface area contributed by atoms with Gasteiger partial charge in [-0.15, -0.1) is 0 Å². The fraction of sp³-hybridized carbons (Fsp3) is 0.324. The number of benzene rings is 2. The van der Waals surface area contributed by atoms with Crippen LogP contribution in [0.15, 0.2) is 85.1 Å². The van der Waals surface area contributed by atoms with E-state index in [0.29, 0.717) is 22.6 Å². The van der Waals surface area contributed by atoms with Gasteiger partial charge in [0.2, 0.25) is 0 Å². The molecule has 1 aliphatic carbocycles. The van der Waals surface area contributed by atoms with E-state index in [1.165, 1.54) is 49.1 Å². The lowest BCUT2D eigenvalue weighted by molar-refractivity contribution is -0.118. The number of thiocarbonyl (C=S) groups is 1. The minimum absolute atomic E-state index is 0.0592. The van der Waals surface area contributed by atoms with E-state index in [-0.39, 0.29) is 24.6 Å². The van der Waals surface area contributed by atoms with Gasteiger partial charge in [0.25, 0.3) is 5.91 Å². The number of ether oxygens (including phenoxy) is 1. The van der Waals surface area contributed by atoms with Crippen LogP contribution in [0.25, 0.3) is 0 Å². The Labute approximate surface area is 252 Å². The van der Waals surface area contributed by atoms with Crippen molar-refractivity contribution in [1.82, 2.24) is 14.9 Å². The fourth-order valence-corrected chi connectivity index (χ4v) is 6.87. The Morgan fingerprint density at radius 3 is 2.45 bits per heavy atom. The molecule has 2 atom stereocenters. The van der Waals surface area contributed by atoms with Crippen LogP contribution in [0.1, 0.15) is 72.9 Å². The molecular formula is C34H37N5O2S. The smallest absolute Gasteiger partial charge is 0.262 e. The number of carbonyl (C=O) groups excluding carboxylic acids is 1. The highest BCUT2D eigenvalue weighted by Crippen LogP contribution is 2.44. The van der Waals surface area contributed by atoms with E-state index in [4.69, 9.17) is 21.9 Å². The SMILES string of the molecule is Cc1cc([C@@H]2[C@@H](c3ccccn3)NC(=S)N2c2ccc(NC(=O)COc3ccccc3)cc2)c(C)n1C1CCCCC1. The van der Waals surface area contributed by atoms with Crippen LogP contribution in [0.2, 0.25) is 0 Å². The number of amides is 1. The first kappa shape index (κ1) is 28.0. The number of anilines is 2. The van der Waals surface area contributed by atoms with E-state index in [1.807, 2.05) is 72.9 Å². The molecule has 6 rings (SSSR count). The minimum Gasteiger partial charge on any atom is -0.484 e. The summed E-state index contributed by atoms with van der Waals surface area (Å²) in [5, 5.41) is 7.17. The second kappa shape index (κ2) is 12.4. The first-order valence-corrected chi connectivity index (χ1v) is 15.2. The van der Waals surface area contributed by atoms with Crippen LogP contribution in [0.4, 0.5) is 11.4 Å². The monoisotopic (exact) mass is 579 g/mol. The summed E-state index contributed by atoms with van der Waals surface area (Å²) in [6.07, 6.45) is 8.20. The van der Waals surface area contributed by atoms with E-state index in [9.17, 15) is 4.79 Å². The van der Waals surface area contributed by atoms with Gasteiger partial charge in [0.05, 0.1) is 17.8 Å². The standard InChI is InChI=1S/C34H37N5O2S/c1-23-21-29(24(2)38(23)26-11-5-3-6-12-26)33-32(30-15-9-10-20-35-30)37-34(42)39(33)27-18-16-25(17-19-27)36-31(40)22-41-28-13-7-4-8-14-28/h4,7-10,13-21,26,32-33H,3,5-6,11-12,22H2,1-2H3,(H,36,40)(H,37,42)/t32-,33-/m1/s1. The predicted octanol–water partition coefficient (Wildman–Crippen LogP) is 7.20. The van der Waals surface area contributed by atoms with Gasteiger partial charge in [0, 0.05) is 35.0 Å². The van der Waals surface area contributed by atoms with Crippen molar-refractivity contribution in [2.45, 2.75) is 64.1 Å². The van der Waals surface area contributed by atoms with Crippen LogP contribution < -0.4 is 20.3 Å². The largest absolute Gasteiger partial charge is 0.484 e. The molecule has 1 saturated carbocycles. The molecular weight excluding hydrogens is 542 g/mol. The summed E-state index contributed by atoms with van der Waals surface area (Å²) in [5.74, 6) is 0.447. The van der Waals surface area contributed by atoms with Gasteiger partial charge in [0.15, 0.2) is 11.7 Å². The van der Waals surface area contributed by atoms with E-state index >= 15 is 0 Å².